The van der Waals surface area contributed by atoms with Crippen molar-refractivity contribution in [3.8, 4) is 28.3 Å². The number of nitrogens with two attached hydrogens (primary N) is 1. The molecule has 5 rings (SSSR count). The molecule has 1 aliphatic heterocycles. The van der Waals surface area contributed by atoms with Crippen molar-refractivity contribution >= 4 is 22.6 Å². The van der Waals surface area contributed by atoms with Crippen LogP contribution >= 0.6 is 0 Å². The van der Waals surface area contributed by atoms with E-state index in [2.05, 4.69) is 21.4 Å². The highest BCUT2D eigenvalue weighted by molar-refractivity contribution is 6.12. The second-order valence-corrected chi connectivity index (χ2v) is 9.54. The maximum absolute atomic E-state index is 14.4. The number of carbonyl (C=O) groups is 1. The van der Waals surface area contributed by atoms with E-state index in [1.54, 1.807) is 24.2 Å². The van der Waals surface area contributed by atoms with Gasteiger partial charge >= 0.3 is 0 Å². The van der Waals surface area contributed by atoms with Crippen molar-refractivity contribution in [1.29, 1.82) is 5.26 Å². The first-order chi connectivity index (χ1) is 17.8. The first-order valence-electron chi connectivity index (χ1n) is 12.2. The molecule has 0 saturated carbocycles. The van der Waals surface area contributed by atoms with Crippen molar-refractivity contribution in [1.82, 2.24) is 20.2 Å². The lowest BCUT2D eigenvalue weighted by Gasteiger charge is -2.24. The summed E-state index contributed by atoms with van der Waals surface area (Å²) in [4.78, 5) is 24.5. The van der Waals surface area contributed by atoms with Gasteiger partial charge in [-0.05, 0) is 73.3 Å². The third kappa shape index (κ3) is 4.86. The molecule has 0 unspecified atom stereocenters. The molecule has 186 valence electrons. The Bertz CT molecular complexity index is 1530. The van der Waals surface area contributed by atoms with E-state index in [0.29, 0.717) is 50.8 Å². The van der Waals surface area contributed by atoms with Crippen LogP contribution in [0.25, 0.3) is 33.2 Å². The van der Waals surface area contributed by atoms with Gasteiger partial charge in [-0.2, -0.15) is 5.26 Å². The van der Waals surface area contributed by atoms with Crippen LogP contribution in [-0.4, -0.2) is 47.0 Å². The standard InChI is InChI=1S/C29H27FN6O/c1-17-8-20(11-21(30)9-17)25-15-34-26-6-5-19(23-10-18(13-31)14-35-28(23)32)12-24(26)27(25)29(37)36(2)16-22-4-3-7-33-22/h5-6,8-12,14-15,22,33H,3-4,7,16H2,1-2H3,(H2,32,35)/t22-/m0/s1. The zero-order chi connectivity index (χ0) is 26.1. The summed E-state index contributed by atoms with van der Waals surface area (Å²) in [6, 6.07) is 14.2. The number of amides is 1. The number of benzene rings is 2. The quantitative estimate of drug-likeness (QED) is 0.417. The van der Waals surface area contributed by atoms with Crippen molar-refractivity contribution in [3.05, 3.63) is 77.4 Å². The average molecular weight is 495 g/mol. The number of aryl methyl sites for hydroxylation is 1. The first kappa shape index (κ1) is 24.3. The molecular weight excluding hydrogens is 467 g/mol. The van der Waals surface area contributed by atoms with E-state index in [-0.39, 0.29) is 23.6 Å². The Kier molecular flexibility index (Phi) is 6.55. The summed E-state index contributed by atoms with van der Waals surface area (Å²) in [5, 5.41) is 13.4. The van der Waals surface area contributed by atoms with Crippen LogP contribution in [0.1, 0.15) is 34.3 Å². The fraction of sp³-hybridized carbons (Fsp3) is 0.241. The number of fused-ring (bicyclic) bond motifs is 1. The number of hydrogen-bond donors (Lipinski definition) is 2. The minimum atomic E-state index is -0.377. The lowest BCUT2D eigenvalue weighted by molar-refractivity contribution is 0.0786. The number of nitrogen functional groups attached to an aromatic ring is 1. The predicted octanol–water partition coefficient (Wildman–Crippen LogP) is 4.69. The Morgan fingerprint density at radius 1 is 1.16 bits per heavy atom. The predicted molar refractivity (Wildman–Crippen MR) is 142 cm³/mol. The maximum Gasteiger partial charge on any atom is 0.255 e. The molecule has 3 heterocycles. The molecule has 7 nitrogen and oxygen atoms in total. The molecule has 8 heteroatoms. The van der Waals surface area contributed by atoms with Gasteiger partial charge in [-0.1, -0.05) is 12.1 Å². The van der Waals surface area contributed by atoms with Crippen LogP contribution in [0.2, 0.25) is 0 Å². The average Bonchev–Trinajstić information content (AvgIpc) is 3.40. The molecule has 1 amide bonds. The highest BCUT2D eigenvalue weighted by atomic mass is 19.1. The second kappa shape index (κ2) is 9.96. The first-order valence-corrected chi connectivity index (χ1v) is 12.2. The summed E-state index contributed by atoms with van der Waals surface area (Å²) < 4.78 is 14.4. The van der Waals surface area contributed by atoms with Crippen LogP contribution in [0.3, 0.4) is 0 Å². The number of nitriles is 1. The molecule has 1 saturated heterocycles. The van der Waals surface area contributed by atoms with E-state index in [0.717, 1.165) is 24.9 Å². The van der Waals surface area contributed by atoms with Gasteiger partial charge in [-0.25, -0.2) is 9.37 Å². The summed E-state index contributed by atoms with van der Waals surface area (Å²) in [5.74, 6) is -0.273. The number of pyridine rings is 2. The van der Waals surface area contributed by atoms with Gasteiger partial charge in [-0.15, -0.1) is 0 Å². The third-order valence-corrected chi connectivity index (χ3v) is 6.80. The summed E-state index contributed by atoms with van der Waals surface area (Å²) >= 11 is 0. The zero-order valence-electron chi connectivity index (χ0n) is 20.8. The van der Waals surface area contributed by atoms with Crippen molar-refractivity contribution in [2.45, 2.75) is 25.8 Å². The number of likely N-dealkylation sites (N-methyl/N-ethyl adjacent to an activating group) is 1. The van der Waals surface area contributed by atoms with E-state index in [1.165, 1.54) is 18.3 Å². The summed E-state index contributed by atoms with van der Waals surface area (Å²) in [6.45, 7) is 3.32. The number of aromatic nitrogens is 2. The zero-order valence-corrected chi connectivity index (χ0v) is 20.8. The van der Waals surface area contributed by atoms with E-state index in [1.807, 2.05) is 31.2 Å². The van der Waals surface area contributed by atoms with Crippen molar-refractivity contribution in [2.75, 3.05) is 25.9 Å². The minimum absolute atomic E-state index is 0.174. The molecule has 0 radical (unpaired) electrons. The molecule has 0 aliphatic carbocycles. The van der Waals surface area contributed by atoms with Crippen molar-refractivity contribution in [3.63, 3.8) is 0 Å². The lowest BCUT2D eigenvalue weighted by Crippen LogP contribution is -2.38. The minimum Gasteiger partial charge on any atom is -0.383 e. The van der Waals surface area contributed by atoms with E-state index in [4.69, 9.17) is 5.73 Å². The van der Waals surface area contributed by atoms with Crippen molar-refractivity contribution < 1.29 is 9.18 Å². The Morgan fingerprint density at radius 2 is 2.00 bits per heavy atom. The molecule has 1 atom stereocenters. The van der Waals surface area contributed by atoms with Gasteiger partial charge in [0, 0.05) is 48.5 Å². The molecule has 0 spiro atoms. The fourth-order valence-electron chi connectivity index (χ4n) is 4.99. The monoisotopic (exact) mass is 494 g/mol. The van der Waals surface area contributed by atoms with Gasteiger partial charge in [0.2, 0.25) is 0 Å². The normalized spacial score (nSPS) is 15.0. The van der Waals surface area contributed by atoms with Gasteiger partial charge in [0.15, 0.2) is 0 Å². The molecule has 4 aromatic rings. The van der Waals surface area contributed by atoms with Gasteiger partial charge in [-0.3, -0.25) is 9.78 Å². The number of nitrogens with one attached hydrogen (secondary N) is 1. The Hall–Kier alpha value is -4.35. The van der Waals surface area contributed by atoms with Crippen LogP contribution < -0.4 is 11.1 Å². The van der Waals surface area contributed by atoms with Crippen LogP contribution in [0.4, 0.5) is 10.2 Å². The number of nitrogens with zero attached hydrogens (tertiary/aromatic N) is 4. The SMILES string of the molecule is Cc1cc(F)cc(-c2cnc3ccc(-c4cc(C#N)cnc4N)cc3c2C(=O)N(C)C[C@@H]2CCCN2)c1. The third-order valence-electron chi connectivity index (χ3n) is 6.80. The molecule has 3 N–H and O–H groups in total. The summed E-state index contributed by atoms with van der Waals surface area (Å²) in [5.41, 5.74) is 10.8. The van der Waals surface area contributed by atoms with E-state index in [9.17, 15) is 14.4 Å². The second-order valence-electron chi connectivity index (χ2n) is 9.54. The fourth-order valence-corrected chi connectivity index (χ4v) is 4.99. The molecular formula is C29H27FN6O. The molecule has 2 aromatic heterocycles. The van der Waals surface area contributed by atoms with Crippen molar-refractivity contribution in [2.24, 2.45) is 0 Å². The highest BCUT2D eigenvalue weighted by Gasteiger charge is 2.25. The topological polar surface area (TPSA) is 108 Å². The number of hydrogen-bond acceptors (Lipinski definition) is 6. The highest BCUT2D eigenvalue weighted by Crippen LogP contribution is 2.35. The smallest absolute Gasteiger partial charge is 0.255 e. The maximum atomic E-state index is 14.4. The van der Waals surface area contributed by atoms with Crippen LogP contribution in [0.15, 0.2) is 54.9 Å². The van der Waals surface area contributed by atoms with E-state index >= 15 is 0 Å². The number of rotatable bonds is 5. The van der Waals surface area contributed by atoms with Gasteiger partial charge in [0.25, 0.3) is 5.91 Å². The molecule has 1 aliphatic rings. The van der Waals surface area contributed by atoms with Gasteiger partial charge < -0.3 is 16.0 Å². The Morgan fingerprint density at radius 3 is 2.73 bits per heavy atom. The Labute approximate surface area is 214 Å². The molecule has 0 bridgehead atoms. The van der Waals surface area contributed by atoms with Gasteiger partial charge in [0.1, 0.15) is 17.7 Å². The van der Waals surface area contributed by atoms with Crippen LogP contribution in [0, 0.1) is 24.1 Å². The lowest BCUT2D eigenvalue weighted by atomic mass is 9.93. The van der Waals surface area contributed by atoms with E-state index < -0.39 is 0 Å². The number of carbonyl (C=O) groups excluding carboxylic acids is 1. The molecule has 2 aromatic carbocycles. The number of halogens is 1. The van der Waals surface area contributed by atoms with Crippen LogP contribution in [-0.2, 0) is 0 Å². The summed E-state index contributed by atoms with van der Waals surface area (Å²) in [7, 11) is 1.79. The molecule has 37 heavy (non-hydrogen) atoms. The Balaban J connectivity index is 1.71. The van der Waals surface area contributed by atoms with Gasteiger partial charge in [0.05, 0.1) is 16.6 Å². The molecule has 1 fully saturated rings. The van der Waals surface area contributed by atoms with Crippen LogP contribution in [0.5, 0.6) is 0 Å². The largest absolute Gasteiger partial charge is 0.383 e. The summed E-state index contributed by atoms with van der Waals surface area (Å²) in [6.07, 6.45) is 5.15. The number of anilines is 1.